The Balaban J connectivity index is 2.19. The lowest BCUT2D eigenvalue weighted by atomic mass is 10.1. The molecule has 0 aromatic heterocycles. The van der Waals surface area contributed by atoms with E-state index in [4.69, 9.17) is 0 Å². The lowest BCUT2D eigenvalue weighted by Crippen LogP contribution is -2.52. The predicted molar refractivity (Wildman–Crippen MR) is 76.9 cm³/mol. The van der Waals surface area contributed by atoms with Crippen molar-refractivity contribution in [3.63, 3.8) is 0 Å². The fraction of sp³-hybridized carbons (Fsp3) is 0.500. The maximum atomic E-state index is 12.5. The SMILES string of the molecule is Cc1c(Br)cccc1C(=O)N1CCN(C)C(C)C1. The molecule has 1 atom stereocenters. The Morgan fingerprint density at radius 3 is 2.78 bits per heavy atom. The van der Waals surface area contributed by atoms with Crippen molar-refractivity contribution >= 4 is 21.8 Å². The van der Waals surface area contributed by atoms with Crippen molar-refractivity contribution in [1.82, 2.24) is 9.80 Å². The monoisotopic (exact) mass is 310 g/mol. The first-order valence-electron chi connectivity index (χ1n) is 6.25. The Kier molecular flexibility index (Phi) is 4.07. The molecule has 4 heteroatoms. The van der Waals surface area contributed by atoms with Gasteiger partial charge in [0.25, 0.3) is 5.91 Å². The van der Waals surface area contributed by atoms with Crippen LogP contribution in [0.5, 0.6) is 0 Å². The van der Waals surface area contributed by atoms with Crippen molar-refractivity contribution in [3.05, 3.63) is 33.8 Å². The molecule has 1 saturated heterocycles. The van der Waals surface area contributed by atoms with Crippen LogP contribution in [0, 0.1) is 6.92 Å². The average Bonchev–Trinajstić information content (AvgIpc) is 2.35. The van der Waals surface area contributed by atoms with Crippen LogP contribution in [0.25, 0.3) is 0 Å². The summed E-state index contributed by atoms with van der Waals surface area (Å²) in [6, 6.07) is 6.23. The zero-order chi connectivity index (χ0) is 13.3. The number of benzene rings is 1. The highest BCUT2D eigenvalue weighted by molar-refractivity contribution is 9.10. The smallest absolute Gasteiger partial charge is 0.254 e. The van der Waals surface area contributed by atoms with E-state index in [1.54, 1.807) is 0 Å². The summed E-state index contributed by atoms with van der Waals surface area (Å²) in [4.78, 5) is 16.8. The Morgan fingerprint density at radius 1 is 1.39 bits per heavy atom. The molecule has 0 radical (unpaired) electrons. The van der Waals surface area contributed by atoms with E-state index in [0.717, 1.165) is 35.2 Å². The van der Waals surface area contributed by atoms with Gasteiger partial charge in [0.05, 0.1) is 0 Å². The van der Waals surface area contributed by atoms with Gasteiger partial charge in [0.2, 0.25) is 0 Å². The number of hydrogen-bond donors (Lipinski definition) is 0. The minimum Gasteiger partial charge on any atom is -0.336 e. The molecule has 1 aliphatic rings. The summed E-state index contributed by atoms with van der Waals surface area (Å²) in [5.74, 6) is 0.147. The first-order chi connectivity index (χ1) is 8.50. The van der Waals surface area contributed by atoms with Crippen molar-refractivity contribution < 1.29 is 4.79 Å². The molecule has 1 aromatic carbocycles. The first kappa shape index (κ1) is 13.6. The molecule has 0 N–H and O–H groups in total. The molecule has 1 amide bonds. The van der Waals surface area contributed by atoms with Crippen LogP contribution in [0.3, 0.4) is 0 Å². The summed E-state index contributed by atoms with van der Waals surface area (Å²) in [5.41, 5.74) is 1.83. The van der Waals surface area contributed by atoms with Crippen LogP contribution >= 0.6 is 15.9 Å². The minimum absolute atomic E-state index is 0.147. The number of amides is 1. The molecule has 2 rings (SSSR count). The summed E-state index contributed by atoms with van der Waals surface area (Å²) in [6.45, 7) is 6.71. The first-order valence-corrected chi connectivity index (χ1v) is 7.04. The third kappa shape index (κ3) is 2.59. The van der Waals surface area contributed by atoms with E-state index >= 15 is 0 Å². The number of halogens is 1. The standard InChI is InChI=1S/C14H19BrN2O/c1-10-9-17(8-7-16(10)3)14(18)12-5-4-6-13(15)11(12)2/h4-6,10H,7-9H2,1-3H3. The van der Waals surface area contributed by atoms with Gasteiger partial charge < -0.3 is 9.80 Å². The van der Waals surface area contributed by atoms with Gasteiger partial charge in [-0.25, -0.2) is 0 Å². The molecule has 1 fully saturated rings. The molecule has 3 nitrogen and oxygen atoms in total. The molecule has 1 unspecified atom stereocenters. The molecule has 1 aromatic rings. The van der Waals surface area contributed by atoms with Crippen molar-refractivity contribution in [2.45, 2.75) is 19.9 Å². The van der Waals surface area contributed by atoms with E-state index in [9.17, 15) is 4.79 Å². The van der Waals surface area contributed by atoms with Crippen LogP contribution in [-0.4, -0.2) is 48.4 Å². The molecular formula is C14H19BrN2O. The van der Waals surface area contributed by atoms with Gasteiger partial charge in [-0.2, -0.15) is 0 Å². The molecule has 1 heterocycles. The Labute approximate surface area is 117 Å². The molecular weight excluding hydrogens is 292 g/mol. The summed E-state index contributed by atoms with van der Waals surface area (Å²) >= 11 is 3.48. The maximum Gasteiger partial charge on any atom is 0.254 e. The number of nitrogens with zero attached hydrogens (tertiary/aromatic N) is 2. The molecule has 18 heavy (non-hydrogen) atoms. The van der Waals surface area contributed by atoms with Gasteiger partial charge in [-0.1, -0.05) is 22.0 Å². The fourth-order valence-electron chi connectivity index (χ4n) is 2.24. The van der Waals surface area contributed by atoms with Gasteiger partial charge in [0.1, 0.15) is 0 Å². The Hall–Kier alpha value is -0.870. The van der Waals surface area contributed by atoms with Crippen LogP contribution in [0.1, 0.15) is 22.8 Å². The second kappa shape index (κ2) is 5.41. The van der Waals surface area contributed by atoms with E-state index in [1.807, 2.05) is 30.0 Å². The second-order valence-electron chi connectivity index (χ2n) is 4.99. The van der Waals surface area contributed by atoms with E-state index in [1.165, 1.54) is 0 Å². The molecule has 0 saturated carbocycles. The van der Waals surface area contributed by atoms with E-state index in [0.29, 0.717) is 6.04 Å². The summed E-state index contributed by atoms with van der Waals surface area (Å²) in [7, 11) is 2.11. The van der Waals surface area contributed by atoms with Crippen LogP contribution in [0.2, 0.25) is 0 Å². The molecule has 0 aliphatic carbocycles. The fourth-order valence-corrected chi connectivity index (χ4v) is 2.61. The van der Waals surface area contributed by atoms with Crippen LogP contribution in [0.15, 0.2) is 22.7 Å². The van der Waals surface area contributed by atoms with Crippen molar-refractivity contribution in [2.75, 3.05) is 26.7 Å². The number of rotatable bonds is 1. The molecule has 98 valence electrons. The van der Waals surface area contributed by atoms with Gasteiger partial charge in [0, 0.05) is 35.7 Å². The van der Waals surface area contributed by atoms with Crippen molar-refractivity contribution in [1.29, 1.82) is 0 Å². The highest BCUT2D eigenvalue weighted by atomic mass is 79.9. The van der Waals surface area contributed by atoms with Gasteiger partial charge in [0.15, 0.2) is 0 Å². The number of carbonyl (C=O) groups is 1. The minimum atomic E-state index is 0.147. The molecule has 1 aliphatic heterocycles. The Bertz CT molecular complexity index is 461. The number of likely N-dealkylation sites (N-methyl/N-ethyl adjacent to an activating group) is 1. The lowest BCUT2D eigenvalue weighted by Gasteiger charge is -2.37. The highest BCUT2D eigenvalue weighted by Crippen LogP contribution is 2.21. The summed E-state index contributed by atoms with van der Waals surface area (Å²) in [6.07, 6.45) is 0. The van der Waals surface area contributed by atoms with Crippen molar-refractivity contribution in [2.24, 2.45) is 0 Å². The van der Waals surface area contributed by atoms with E-state index in [2.05, 4.69) is 34.8 Å². The number of carbonyl (C=O) groups excluding carboxylic acids is 1. The third-order valence-electron chi connectivity index (χ3n) is 3.74. The zero-order valence-electron chi connectivity index (χ0n) is 11.1. The molecule has 0 bridgehead atoms. The summed E-state index contributed by atoms with van der Waals surface area (Å²) < 4.78 is 0.996. The van der Waals surface area contributed by atoms with Gasteiger partial charge >= 0.3 is 0 Å². The second-order valence-corrected chi connectivity index (χ2v) is 5.85. The van der Waals surface area contributed by atoms with Crippen molar-refractivity contribution in [3.8, 4) is 0 Å². The van der Waals surface area contributed by atoms with Crippen LogP contribution < -0.4 is 0 Å². The predicted octanol–water partition coefficient (Wildman–Crippen LogP) is 2.53. The maximum absolute atomic E-state index is 12.5. The number of piperazine rings is 1. The van der Waals surface area contributed by atoms with Gasteiger partial charge in [-0.15, -0.1) is 0 Å². The van der Waals surface area contributed by atoms with E-state index < -0.39 is 0 Å². The Morgan fingerprint density at radius 2 is 2.11 bits per heavy atom. The average molecular weight is 311 g/mol. The van der Waals surface area contributed by atoms with Gasteiger partial charge in [-0.3, -0.25) is 4.79 Å². The largest absolute Gasteiger partial charge is 0.336 e. The van der Waals surface area contributed by atoms with Crippen LogP contribution in [-0.2, 0) is 0 Å². The quantitative estimate of drug-likeness (QED) is 0.796. The number of hydrogen-bond acceptors (Lipinski definition) is 2. The van der Waals surface area contributed by atoms with Crippen LogP contribution in [0.4, 0.5) is 0 Å². The topological polar surface area (TPSA) is 23.6 Å². The van der Waals surface area contributed by atoms with Gasteiger partial charge in [-0.05, 0) is 38.6 Å². The lowest BCUT2D eigenvalue weighted by molar-refractivity contribution is 0.0571. The third-order valence-corrected chi connectivity index (χ3v) is 4.60. The zero-order valence-corrected chi connectivity index (χ0v) is 12.7. The highest BCUT2D eigenvalue weighted by Gasteiger charge is 2.25. The summed E-state index contributed by atoms with van der Waals surface area (Å²) in [5, 5.41) is 0. The van der Waals surface area contributed by atoms with E-state index in [-0.39, 0.29) is 5.91 Å². The molecule has 0 spiro atoms. The normalized spacial score (nSPS) is 21.1.